The Balaban J connectivity index is 1.76. The van der Waals surface area contributed by atoms with E-state index < -0.39 is 0 Å². The fourth-order valence-electron chi connectivity index (χ4n) is 2.65. The summed E-state index contributed by atoms with van der Waals surface area (Å²) in [5, 5.41) is 9.05. The van der Waals surface area contributed by atoms with Gasteiger partial charge in [-0.05, 0) is 38.8 Å². The first-order valence-electron chi connectivity index (χ1n) is 7.63. The molecule has 0 aliphatic carbocycles. The molecule has 7 heteroatoms. The topological polar surface area (TPSA) is 64.2 Å². The fraction of sp³-hybridized carbons (Fsp3) is 0.533. The van der Waals surface area contributed by atoms with Gasteiger partial charge in [-0.1, -0.05) is 11.8 Å². The number of carbonyl (C=O) groups excluding carboxylic acids is 1. The Morgan fingerprint density at radius 3 is 2.82 bits per heavy atom. The number of likely N-dealkylation sites (tertiary alicyclic amines) is 1. The molecule has 3 heterocycles. The van der Waals surface area contributed by atoms with Crippen LogP contribution in [0.25, 0.3) is 11.6 Å². The average molecular weight is 320 g/mol. The minimum absolute atomic E-state index is 0.156. The van der Waals surface area contributed by atoms with Gasteiger partial charge in [-0.2, -0.15) is 0 Å². The predicted octanol–water partition coefficient (Wildman–Crippen LogP) is 2.66. The largest absolute Gasteiger partial charge is 0.461 e. The van der Waals surface area contributed by atoms with Crippen LogP contribution in [0.15, 0.2) is 28.0 Å². The van der Waals surface area contributed by atoms with Crippen LogP contribution in [0.2, 0.25) is 0 Å². The SMILES string of the molecule is CCn1c(SC(C)C(=O)N2CCCC2)nnc1-c1ccco1. The zero-order chi connectivity index (χ0) is 15.5. The third-order valence-corrected chi connectivity index (χ3v) is 4.89. The molecule has 1 amide bonds. The normalized spacial score (nSPS) is 16.2. The van der Waals surface area contributed by atoms with E-state index in [2.05, 4.69) is 10.2 Å². The molecule has 22 heavy (non-hydrogen) atoms. The number of aromatic nitrogens is 3. The van der Waals surface area contributed by atoms with Crippen LogP contribution in [0.4, 0.5) is 0 Å². The summed E-state index contributed by atoms with van der Waals surface area (Å²) in [5.74, 6) is 1.59. The summed E-state index contributed by atoms with van der Waals surface area (Å²) >= 11 is 1.46. The number of thioether (sulfide) groups is 1. The summed E-state index contributed by atoms with van der Waals surface area (Å²) in [6.07, 6.45) is 3.84. The van der Waals surface area contributed by atoms with Crippen molar-refractivity contribution in [2.45, 2.75) is 43.6 Å². The summed E-state index contributed by atoms with van der Waals surface area (Å²) in [6, 6.07) is 3.69. The van der Waals surface area contributed by atoms with E-state index >= 15 is 0 Å². The molecule has 0 N–H and O–H groups in total. The molecule has 3 rings (SSSR count). The lowest BCUT2D eigenvalue weighted by Gasteiger charge is -2.19. The van der Waals surface area contributed by atoms with Gasteiger partial charge in [0.25, 0.3) is 0 Å². The van der Waals surface area contributed by atoms with Crippen LogP contribution >= 0.6 is 11.8 Å². The van der Waals surface area contributed by atoms with Crippen molar-refractivity contribution < 1.29 is 9.21 Å². The maximum Gasteiger partial charge on any atom is 0.235 e. The number of nitrogens with zero attached hydrogens (tertiary/aromatic N) is 4. The molecule has 0 saturated carbocycles. The molecule has 1 unspecified atom stereocenters. The van der Waals surface area contributed by atoms with Crippen molar-refractivity contribution in [3.63, 3.8) is 0 Å². The van der Waals surface area contributed by atoms with E-state index in [1.807, 2.05) is 35.4 Å². The zero-order valence-electron chi connectivity index (χ0n) is 12.9. The molecule has 118 valence electrons. The van der Waals surface area contributed by atoms with E-state index in [1.54, 1.807) is 6.26 Å². The lowest BCUT2D eigenvalue weighted by Crippen LogP contribution is -2.34. The lowest BCUT2D eigenvalue weighted by atomic mass is 10.4. The van der Waals surface area contributed by atoms with Gasteiger partial charge in [-0.25, -0.2) is 0 Å². The standard InChI is InChI=1S/C15H20N4O2S/c1-3-19-13(12-7-6-10-21-12)16-17-15(19)22-11(2)14(20)18-8-4-5-9-18/h6-7,10-11H,3-5,8-9H2,1-2H3. The van der Waals surface area contributed by atoms with Crippen molar-refractivity contribution in [2.75, 3.05) is 13.1 Å². The van der Waals surface area contributed by atoms with Gasteiger partial charge in [0.2, 0.25) is 5.91 Å². The molecule has 0 aromatic carbocycles. The highest BCUT2D eigenvalue weighted by Crippen LogP contribution is 2.28. The fourth-order valence-corrected chi connectivity index (χ4v) is 3.65. The Labute approximate surface area is 133 Å². The maximum atomic E-state index is 12.4. The number of hydrogen-bond acceptors (Lipinski definition) is 5. The van der Waals surface area contributed by atoms with Gasteiger partial charge >= 0.3 is 0 Å². The third kappa shape index (κ3) is 2.90. The zero-order valence-corrected chi connectivity index (χ0v) is 13.7. The summed E-state index contributed by atoms with van der Waals surface area (Å²) < 4.78 is 7.38. The van der Waals surface area contributed by atoms with E-state index in [4.69, 9.17) is 4.42 Å². The van der Waals surface area contributed by atoms with Gasteiger partial charge in [-0.15, -0.1) is 10.2 Å². The number of furan rings is 1. The van der Waals surface area contributed by atoms with Crippen molar-refractivity contribution in [3.05, 3.63) is 18.4 Å². The quantitative estimate of drug-likeness (QED) is 0.793. The molecule has 1 fully saturated rings. The summed E-state index contributed by atoms with van der Waals surface area (Å²) in [4.78, 5) is 14.4. The van der Waals surface area contributed by atoms with Crippen LogP contribution in [-0.2, 0) is 11.3 Å². The second-order valence-electron chi connectivity index (χ2n) is 5.32. The molecule has 0 bridgehead atoms. The van der Waals surface area contributed by atoms with Crippen molar-refractivity contribution in [1.82, 2.24) is 19.7 Å². The number of carbonyl (C=O) groups is 1. The summed E-state index contributed by atoms with van der Waals surface area (Å²) in [6.45, 7) is 6.46. The second kappa shape index (κ2) is 6.56. The van der Waals surface area contributed by atoms with E-state index in [1.165, 1.54) is 11.8 Å². The molecule has 1 saturated heterocycles. The first-order chi connectivity index (χ1) is 10.7. The molecule has 2 aromatic rings. The van der Waals surface area contributed by atoms with Crippen LogP contribution < -0.4 is 0 Å². The Kier molecular flexibility index (Phi) is 4.52. The van der Waals surface area contributed by atoms with Gasteiger partial charge in [-0.3, -0.25) is 9.36 Å². The average Bonchev–Trinajstić information content (AvgIpc) is 3.26. The molecule has 1 aliphatic rings. The molecule has 0 radical (unpaired) electrons. The molecular weight excluding hydrogens is 300 g/mol. The molecular formula is C15H20N4O2S. The highest BCUT2D eigenvalue weighted by Gasteiger charge is 2.26. The predicted molar refractivity (Wildman–Crippen MR) is 84.5 cm³/mol. The van der Waals surface area contributed by atoms with Crippen molar-refractivity contribution in [2.24, 2.45) is 0 Å². The van der Waals surface area contributed by atoms with Gasteiger partial charge in [0.1, 0.15) is 0 Å². The van der Waals surface area contributed by atoms with Gasteiger partial charge < -0.3 is 9.32 Å². The Morgan fingerprint density at radius 2 is 2.18 bits per heavy atom. The number of hydrogen-bond donors (Lipinski definition) is 0. The van der Waals surface area contributed by atoms with Gasteiger partial charge in [0.15, 0.2) is 16.7 Å². The minimum atomic E-state index is -0.156. The highest BCUT2D eigenvalue weighted by atomic mass is 32.2. The van der Waals surface area contributed by atoms with E-state index in [0.29, 0.717) is 11.6 Å². The summed E-state index contributed by atoms with van der Waals surface area (Å²) in [7, 11) is 0. The van der Waals surface area contributed by atoms with Crippen LogP contribution in [0.1, 0.15) is 26.7 Å². The Morgan fingerprint density at radius 1 is 1.41 bits per heavy atom. The third-order valence-electron chi connectivity index (χ3n) is 3.82. The van der Waals surface area contributed by atoms with Crippen molar-refractivity contribution in [1.29, 1.82) is 0 Å². The second-order valence-corrected chi connectivity index (χ2v) is 6.63. The smallest absolute Gasteiger partial charge is 0.235 e. The summed E-state index contributed by atoms with van der Waals surface area (Å²) in [5.41, 5.74) is 0. The van der Waals surface area contributed by atoms with E-state index in [-0.39, 0.29) is 11.2 Å². The molecule has 0 spiro atoms. The Bertz CT molecular complexity index is 632. The maximum absolute atomic E-state index is 12.4. The lowest BCUT2D eigenvalue weighted by molar-refractivity contribution is -0.129. The van der Waals surface area contributed by atoms with Crippen LogP contribution in [0.5, 0.6) is 0 Å². The first-order valence-corrected chi connectivity index (χ1v) is 8.51. The van der Waals surface area contributed by atoms with Gasteiger partial charge in [0, 0.05) is 19.6 Å². The molecule has 2 aromatic heterocycles. The molecule has 1 atom stereocenters. The highest BCUT2D eigenvalue weighted by molar-refractivity contribution is 8.00. The Hall–Kier alpha value is -1.76. The number of amides is 1. The van der Waals surface area contributed by atoms with Crippen LogP contribution in [0.3, 0.4) is 0 Å². The van der Waals surface area contributed by atoms with Crippen molar-refractivity contribution >= 4 is 17.7 Å². The van der Waals surface area contributed by atoms with Crippen LogP contribution in [-0.4, -0.2) is 43.9 Å². The molecule has 6 nitrogen and oxygen atoms in total. The monoisotopic (exact) mass is 320 g/mol. The minimum Gasteiger partial charge on any atom is -0.461 e. The van der Waals surface area contributed by atoms with Gasteiger partial charge in [0.05, 0.1) is 11.5 Å². The van der Waals surface area contributed by atoms with Crippen molar-refractivity contribution in [3.8, 4) is 11.6 Å². The number of rotatable bonds is 5. The van der Waals surface area contributed by atoms with Crippen LogP contribution in [0, 0.1) is 0 Å². The van der Waals surface area contributed by atoms with E-state index in [0.717, 1.165) is 37.6 Å². The first kappa shape index (κ1) is 15.1. The van der Waals surface area contributed by atoms with E-state index in [9.17, 15) is 4.79 Å². The molecule has 1 aliphatic heterocycles.